The van der Waals surface area contributed by atoms with Crippen LogP contribution in [0.1, 0.15) is 6.42 Å². The Morgan fingerprint density at radius 1 is 1.10 bits per heavy atom. The third-order valence-electron chi connectivity index (χ3n) is 1.88. The molecule has 0 aromatic carbocycles. The van der Waals surface area contributed by atoms with Gasteiger partial charge in [-0.2, -0.15) is 0 Å². The lowest BCUT2D eigenvalue weighted by Gasteiger charge is -2.06. The molecule has 0 heterocycles. The van der Waals surface area contributed by atoms with Crippen LogP contribution < -0.4 is 16.0 Å². The number of nitrogens with one attached hydrogen (secondary N) is 3. The Morgan fingerprint density at radius 3 is 2.40 bits per heavy atom. The Bertz CT molecular complexity index is 394. The van der Waals surface area contributed by atoms with Crippen LogP contribution in [0, 0.1) is 0 Å². The summed E-state index contributed by atoms with van der Waals surface area (Å²) in [6.45, 7) is 0.810. The minimum atomic E-state index is -1.30. The van der Waals surface area contributed by atoms with Gasteiger partial charge in [0.25, 0.3) is 5.91 Å². The molecule has 0 aromatic heterocycles. The van der Waals surface area contributed by atoms with Gasteiger partial charge in [-0.05, 0) is 0 Å². The molecule has 0 aliphatic carbocycles. The third kappa shape index (κ3) is 10.7. The Morgan fingerprint density at radius 2 is 1.80 bits per heavy atom. The van der Waals surface area contributed by atoms with Crippen LogP contribution in [-0.4, -0.2) is 55.7 Å². The normalized spacial score (nSPS) is 10.1. The lowest BCUT2D eigenvalue weighted by molar-refractivity contribution is -0.131. The van der Waals surface area contributed by atoms with E-state index in [1.54, 1.807) is 0 Å². The number of ether oxygens (including phenoxy) is 1. The number of amides is 4. The molecule has 0 spiro atoms. The van der Waals surface area contributed by atoms with Crippen LogP contribution in [0.5, 0.6) is 0 Å². The molecule has 0 aromatic rings. The zero-order valence-electron chi connectivity index (χ0n) is 11.0. The van der Waals surface area contributed by atoms with Crippen LogP contribution in [0.2, 0.25) is 0 Å². The van der Waals surface area contributed by atoms with Crippen molar-refractivity contribution in [2.24, 2.45) is 0 Å². The van der Waals surface area contributed by atoms with E-state index in [2.05, 4.69) is 10.6 Å². The van der Waals surface area contributed by atoms with Crippen molar-refractivity contribution in [3.8, 4) is 0 Å². The van der Waals surface area contributed by atoms with Crippen molar-refractivity contribution in [2.75, 3.05) is 26.8 Å². The smallest absolute Gasteiger partial charge is 0.328 e. The SMILES string of the molecule is COCCNC(=O)CCNC(=O)NC(=O)/C=C/C(=O)O. The summed E-state index contributed by atoms with van der Waals surface area (Å²) in [6, 6.07) is -0.810. The van der Waals surface area contributed by atoms with Gasteiger partial charge in [0.15, 0.2) is 0 Å². The topological polar surface area (TPSA) is 134 Å². The van der Waals surface area contributed by atoms with Crippen molar-refractivity contribution in [2.45, 2.75) is 6.42 Å². The first-order chi connectivity index (χ1) is 9.45. The molecule has 0 aliphatic rings. The molecule has 0 radical (unpaired) electrons. The van der Waals surface area contributed by atoms with E-state index in [-0.39, 0.29) is 18.9 Å². The van der Waals surface area contributed by atoms with Crippen LogP contribution >= 0.6 is 0 Å². The zero-order chi connectivity index (χ0) is 15.4. The van der Waals surface area contributed by atoms with E-state index in [9.17, 15) is 19.2 Å². The number of methoxy groups -OCH3 is 1. The Balaban J connectivity index is 3.75. The molecule has 0 bridgehead atoms. The fourth-order valence-electron chi connectivity index (χ4n) is 1.02. The standard InChI is InChI=1S/C11H17N3O6/c1-20-7-6-12-8(15)4-5-13-11(19)14-9(16)2-3-10(17)18/h2-3H,4-7H2,1H3,(H,12,15)(H,17,18)(H2,13,14,16,19)/b3-2+. The van der Waals surface area contributed by atoms with Crippen LogP contribution in [0.3, 0.4) is 0 Å². The average molecular weight is 287 g/mol. The third-order valence-corrected chi connectivity index (χ3v) is 1.88. The summed E-state index contributed by atoms with van der Waals surface area (Å²) < 4.78 is 4.74. The average Bonchev–Trinajstić information content (AvgIpc) is 2.36. The molecule has 9 nitrogen and oxygen atoms in total. The van der Waals surface area contributed by atoms with Crippen molar-refractivity contribution >= 4 is 23.8 Å². The first-order valence-corrected chi connectivity index (χ1v) is 5.71. The van der Waals surface area contributed by atoms with Crippen molar-refractivity contribution in [1.29, 1.82) is 0 Å². The van der Waals surface area contributed by atoms with E-state index in [0.29, 0.717) is 25.3 Å². The van der Waals surface area contributed by atoms with E-state index in [1.807, 2.05) is 5.32 Å². The van der Waals surface area contributed by atoms with Crippen LogP contribution in [0.25, 0.3) is 0 Å². The number of urea groups is 1. The maximum Gasteiger partial charge on any atom is 0.328 e. The van der Waals surface area contributed by atoms with Gasteiger partial charge in [0.1, 0.15) is 0 Å². The fourth-order valence-corrected chi connectivity index (χ4v) is 1.02. The number of hydrogen-bond acceptors (Lipinski definition) is 5. The zero-order valence-corrected chi connectivity index (χ0v) is 11.0. The molecular formula is C11H17N3O6. The largest absolute Gasteiger partial charge is 0.478 e. The maximum absolute atomic E-state index is 11.2. The number of carbonyl (C=O) groups excluding carboxylic acids is 3. The van der Waals surface area contributed by atoms with E-state index in [4.69, 9.17) is 9.84 Å². The lowest BCUT2D eigenvalue weighted by atomic mass is 10.4. The molecular weight excluding hydrogens is 270 g/mol. The van der Waals surface area contributed by atoms with E-state index in [0.717, 1.165) is 0 Å². The summed E-state index contributed by atoms with van der Waals surface area (Å²) in [5.41, 5.74) is 0. The number of carboxylic acid groups (broad SMARTS) is 1. The molecule has 112 valence electrons. The number of carboxylic acids is 1. The van der Waals surface area contributed by atoms with Gasteiger partial charge in [0.2, 0.25) is 5.91 Å². The van der Waals surface area contributed by atoms with Crippen molar-refractivity contribution in [3.63, 3.8) is 0 Å². The Hall–Kier alpha value is -2.42. The van der Waals surface area contributed by atoms with Gasteiger partial charge in [-0.25, -0.2) is 9.59 Å². The number of aliphatic carboxylic acids is 1. The molecule has 0 unspecified atom stereocenters. The summed E-state index contributed by atoms with van der Waals surface area (Å²) >= 11 is 0. The molecule has 0 saturated carbocycles. The second-order valence-corrected chi connectivity index (χ2v) is 3.51. The van der Waals surface area contributed by atoms with Gasteiger partial charge in [0, 0.05) is 38.8 Å². The number of hydrogen-bond donors (Lipinski definition) is 4. The fraction of sp³-hybridized carbons (Fsp3) is 0.455. The van der Waals surface area contributed by atoms with Crippen LogP contribution in [0.15, 0.2) is 12.2 Å². The summed E-state index contributed by atoms with van der Waals surface area (Å²) in [5.74, 6) is -2.43. The second-order valence-electron chi connectivity index (χ2n) is 3.51. The van der Waals surface area contributed by atoms with Gasteiger partial charge in [-0.1, -0.05) is 0 Å². The summed E-state index contributed by atoms with van der Waals surface area (Å²) in [6.07, 6.45) is 1.36. The Labute approximate surface area is 115 Å². The number of imide groups is 1. The van der Waals surface area contributed by atoms with Gasteiger partial charge in [0.05, 0.1) is 6.61 Å². The summed E-state index contributed by atoms with van der Waals surface area (Å²) in [4.78, 5) is 43.5. The van der Waals surface area contributed by atoms with Crippen LogP contribution in [-0.2, 0) is 19.1 Å². The van der Waals surface area contributed by atoms with Crippen molar-refractivity contribution in [1.82, 2.24) is 16.0 Å². The van der Waals surface area contributed by atoms with Gasteiger partial charge >= 0.3 is 12.0 Å². The predicted octanol–water partition coefficient (Wildman–Crippen LogP) is -1.39. The highest BCUT2D eigenvalue weighted by atomic mass is 16.5. The summed E-state index contributed by atoms with van der Waals surface area (Å²) in [7, 11) is 1.51. The molecule has 4 N–H and O–H groups in total. The van der Waals surface area contributed by atoms with Crippen LogP contribution in [0.4, 0.5) is 4.79 Å². The predicted molar refractivity (Wildman–Crippen MR) is 67.8 cm³/mol. The quantitative estimate of drug-likeness (QED) is 0.320. The van der Waals surface area contributed by atoms with E-state index in [1.165, 1.54) is 7.11 Å². The van der Waals surface area contributed by atoms with Gasteiger partial charge in [-0.3, -0.25) is 14.9 Å². The highest BCUT2D eigenvalue weighted by Crippen LogP contribution is 1.79. The number of carbonyl (C=O) groups is 4. The molecule has 0 rings (SSSR count). The molecule has 9 heteroatoms. The summed E-state index contributed by atoms with van der Waals surface area (Å²) in [5, 5.41) is 15.0. The molecule has 0 fully saturated rings. The molecule has 0 saturated heterocycles. The minimum absolute atomic E-state index is 0.0422. The van der Waals surface area contributed by atoms with E-state index < -0.39 is 17.9 Å². The van der Waals surface area contributed by atoms with E-state index >= 15 is 0 Å². The maximum atomic E-state index is 11.2. The first kappa shape index (κ1) is 17.6. The molecule has 20 heavy (non-hydrogen) atoms. The second kappa shape index (κ2) is 10.5. The Kier molecular flexibility index (Phi) is 9.23. The monoisotopic (exact) mass is 287 g/mol. The van der Waals surface area contributed by atoms with Gasteiger partial charge in [-0.15, -0.1) is 0 Å². The molecule has 4 amide bonds. The lowest BCUT2D eigenvalue weighted by Crippen LogP contribution is -2.40. The van der Waals surface area contributed by atoms with Crippen molar-refractivity contribution in [3.05, 3.63) is 12.2 Å². The van der Waals surface area contributed by atoms with Crippen molar-refractivity contribution < 1.29 is 29.0 Å². The van der Waals surface area contributed by atoms with Gasteiger partial charge < -0.3 is 20.5 Å². The highest BCUT2D eigenvalue weighted by Gasteiger charge is 2.06. The number of rotatable bonds is 8. The minimum Gasteiger partial charge on any atom is -0.478 e. The first-order valence-electron chi connectivity index (χ1n) is 5.71. The molecule has 0 atom stereocenters. The molecule has 0 aliphatic heterocycles. The highest BCUT2D eigenvalue weighted by molar-refractivity contribution is 6.02.